The molecule has 0 aliphatic heterocycles. The van der Waals surface area contributed by atoms with E-state index in [9.17, 15) is 4.79 Å². The number of rotatable bonds is 2. The van der Waals surface area contributed by atoms with Gasteiger partial charge in [-0.15, -0.1) is 11.3 Å². The number of amides is 1. The van der Waals surface area contributed by atoms with Crippen LogP contribution in [0.5, 0.6) is 0 Å². The van der Waals surface area contributed by atoms with Gasteiger partial charge in [0.25, 0.3) is 5.91 Å². The van der Waals surface area contributed by atoms with Crippen LogP contribution in [0.4, 0.5) is 5.82 Å². The molecule has 0 spiro atoms. The van der Waals surface area contributed by atoms with E-state index >= 15 is 0 Å². The van der Waals surface area contributed by atoms with Crippen LogP contribution in [-0.4, -0.2) is 11.1 Å². The normalized spacial score (nSPS) is 10.4. The second kappa shape index (κ2) is 4.39. The number of carbonyl (C=O) groups excluding carboxylic acids is 1. The molecule has 2 aromatic heterocycles. The molecule has 0 atom stereocenters. The molecule has 84 valence electrons. The van der Waals surface area contributed by atoms with Gasteiger partial charge in [0.15, 0.2) is 5.82 Å². The topological polar surface area (TPSA) is 55.1 Å². The Labute approximate surface area is 105 Å². The molecule has 0 fully saturated rings. The first-order valence-corrected chi connectivity index (χ1v) is 6.18. The van der Waals surface area contributed by atoms with E-state index in [2.05, 4.69) is 26.4 Å². The summed E-state index contributed by atoms with van der Waals surface area (Å²) in [5.41, 5.74) is 1.05. The Kier molecular flexibility index (Phi) is 3.11. The molecule has 0 unspecified atom stereocenters. The van der Waals surface area contributed by atoms with Crippen LogP contribution < -0.4 is 5.32 Å². The maximum atomic E-state index is 11.8. The quantitative estimate of drug-likeness (QED) is 0.925. The number of thiophene rings is 1. The number of nitrogens with zero attached hydrogens (tertiary/aromatic N) is 1. The predicted molar refractivity (Wildman–Crippen MR) is 65.9 cm³/mol. The summed E-state index contributed by atoms with van der Waals surface area (Å²) < 4.78 is 5.83. The molecule has 1 amide bonds. The molecule has 0 bridgehead atoms. The fraction of sp³-hybridized carbons (Fsp3) is 0.200. The van der Waals surface area contributed by atoms with Crippen molar-refractivity contribution >= 4 is 39.0 Å². The van der Waals surface area contributed by atoms with Crippen molar-refractivity contribution in [3.63, 3.8) is 0 Å². The first-order valence-electron chi connectivity index (χ1n) is 4.57. The summed E-state index contributed by atoms with van der Waals surface area (Å²) in [7, 11) is 0. The van der Waals surface area contributed by atoms with Gasteiger partial charge < -0.3 is 9.84 Å². The van der Waals surface area contributed by atoms with Gasteiger partial charge in [-0.3, -0.25) is 4.79 Å². The summed E-state index contributed by atoms with van der Waals surface area (Å²) in [5, 5.41) is 6.36. The third-order valence-corrected chi connectivity index (χ3v) is 4.09. The standard InChI is InChI=1S/C10H9BrN2O2S/c1-5-3-7(16-9(5)11)10(14)12-8-4-6(2)15-13-8/h3-4H,1-2H3,(H,12,13,14). The lowest BCUT2D eigenvalue weighted by Gasteiger charge is -1.96. The highest BCUT2D eigenvalue weighted by atomic mass is 79.9. The first kappa shape index (κ1) is 11.3. The second-order valence-electron chi connectivity index (χ2n) is 3.34. The van der Waals surface area contributed by atoms with Crippen molar-refractivity contribution in [2.45, 2.75) is 13.8 Å². The molecular formula is C10H9BrN2O2S. The fourth-order valence-corrected chi connectivity index (χ4v) is 2.61. The molecule has 0 saturated carbocycles. The van der Waals surface area contributed by atoms with Crippen LogP contribution in [0.15, 0.2) is 20.4 Å². The summed E-state index contributed by atoms with van der Waals surface area (Å²) in [6.07, 6.45) is 0. The third kappa shape index (κ3) is 2.33. The molecule has 6 heteroatoms. The molecule has 16 heavy (non-hydrogen) atoms. The highest BCUT2D eigenvalue weighted by Crippen LogP contribution is 2.27. The van der Waals surface area contributed by atoms with Crippen LogP contribution >= 0.6 is 27.3 Å². The molecule has 0 aromatic carbocycles. The van der Waals surface area contributed by atoms with Gasteiger partial charge in [0, 0.05) is 6.07 Å². The second-order valence-corrected chi connectivity index (χ2v) is 5.71. The van der Waals surface area contributed by atoms with Gasteiger partial charge in [-0.2, -0.15) is 0 Å². The number of aryl methyl sites for hydroxylation is 2. The molecule has 2 rings (SSSR count). The van der Waals surface area contributed by atoms with Crippen LogP contribution in [0.2, 0.25) is 0 Å². The van der Waals surface area contributed by atoms with Gasteiger partial charge in [0.1, 0.15) is 5.76 Å². The lowest BCUT2D eigenvalue weighted by Crippen LogP contribution is -2.10. The molecular weight excluding hydrogens is 292 g/mol. The minimum Gasteiger partial charge on any atom is -0.360 e. The van der Waals surface area contributed by atoms with Gasteiger partial charge in [-0.05, 0) is 41.4 Å². The van der Waals surface area contributed by atoms with Gasteiger partial charge in [0.05, 0.1) is 8.66 Å². The van der Waals surface area contributed by atoms with Crippen LogP contribution in [0.25, 0.3) is 0 Å². The Morgan fingerprint density at radius 3 is 2.75 bits per heavy atom. The Bertz CT molecular complexity index is 513. The summed E-state index contributed by atoms with van der Waals surface area (Å²) >= 11 is 4.77. The number of carbonyl (C=O) groups is 1. The first-order chi connectivity index (χ1) is 7.56. The van der Waals surface area contributed by atoms with E-state index in [0.29, 0.717) is 16.5 Å². The monoisotopic (exact) mass is 300 g/mol. The van der Waals surface area contributed by atoms with Crippen molar-refractivity contribution in [2.75, 3.05) is 5.32 Å². The van der Waals surface area contributed by atoms with Crippen LogP contribution in [0.3, 0.4) is 0 Å². The lowest BCUT2D eigenvalue weighted by atomic mass is 10.3. The molecule has 2 heterocycles. The van der Waals surface area contributed by atoms with Crippen LogP contribution in [-0.2, 0) is 0 Å². The number of hydrogen-bond donors (Lipinski definition) is 1. The van der Waals surface area contributed by atoms with Crippen molar-refractivity contribution in [3.8, 4) is 0 Å². The number of nitrogens with one attached hydrogen (secondary N) is 1. The Morgan fingerprint density at radius 2 is 2.25 bits per heavy atom. The SMILES string of the molecule is Cc1cc(NC(=O)c2cc(C)c(Br)s2)no1. The Hall–Kier alpha value is -1.14. The van der Waals surface area contributed by atoms with Gasteiger partial charge in [-0.1, -0.05) is 5.16 Å². The van der Waals surface area contributed by atoms with Gasteiger partial charge in [-0.25, -0.2) is 0 Å². The zero-order chi connectivity index (χ0) is 11.7. The van der Waals surface area contributed by atoms with Crippen molar-refractivity contribution in [1.82, 2.24) is 5.16 Å². The van der Waals surface area contributed by atoms with E-state index in [4.69, 9.17) is 4.52 Å². The molecule has 2 aromatic rings. The maximum absolute atomic E-state index is 11.8. The summed E-state index contributed by atoms with van der Waals surface area (Å²) in [4.78, 5) is 12.4. The summed E-state index contributed by atoms with van der Waals surface area (Å²) in [6, 6.07) is 3.50. The average Bonchev–Trinajstić information content (AvgIpc) is 2.75. The van der Waals surface area contributed by atoms with Gasteiger partial charge >= 0.3 is 0 Å². The van der Waals surface area contributed by atoms with Crippen molar-refractivity contribution < 1.29 is 9.32 Å². The summed E-state index contributed by atoms with van der Waals surface area (Å²) in [5.74, 6) is 0.926. The lowest BCUT2D eigenvalue weighted by molar-refractivity contribution is 0.102. The van der Waals surface area contributed by atoms with E-state index in [1.54, 1.807) is 13.0 Å². The molecule has 0 radical (unpaired) electrons. The summed E-state index contributed by atoms with van der Waals surface area (Å²) in [6.45, 7) is 3.71. The van der Waals surface area contributed by atoms with E-state index in [1.165, 1.54) is 11.3 Å². The number of halogens is 1. The van der Waals surface area contributed by atoms with E-state index in [0.717, 1.165) is 9.35 Å². The van der Waals surface area contributed by atoms with Crippen LogP contribution in [0, 0.1) is 13.8 Å². The van der Waals surface area contributed by atoms with E-state index in [-0.39, 0.29) is 5.91 Å². The molecule has 0 saturated heterocycles. The Morgan fingerprint density at radius 1 is 1.50 bits per heavy atom. The minimum atomic E-state index is -0.174. The molecule has 0 aliphatic rings. The third-order valence-electron chi connectivity index (χ3n) is 1.95. The molecule has 1 N–H and O–H groups in total. The highest BCUT2D eigenvalue weighted by Gasteiger charge is 2.12. The number of hydrogen-bond acceptors (Lipinski definition) is 4. The van der Waals surface area contributed by atoms with E-state index < -0.39 is 0 Å². The van der Waals surface area contributed by atoms with E-state index in [1.807, 2.05) is 13.0 Å². The van der Waals surface area contributed by atoms with Crippen molar-refractivity contribution in [1.29, 1.82) is 0 Å². The number of aromatic nitrogens is 1. The maximum Gasteiger partial charge on any atom is 0.267 e. The largest absolute Gasteiger partial charge is 0.360 e. The minimum absolute atomic E-state index is 0.174. The fourth-order valence-electron chi connectivity index (χ4n) is 1.18. The molecule has 4 nitrogen and oxygen atoms in total. The smallest absolute Gasteiger partial charge is 0.267 e. The van der Waals surface area contributed by atoms with Gasteiger partial charge in [0.2, 0.25) is 0 Å². The zero-order valence-corrected chi connectivity index (χ0v) is 11.1. The molecule has 0 aliphatic carbocycles. The number of anilines is 1. The van der Waals surface area contributed by atoms with Crippen LogP contribution in [0.1, 0.15) is 21.0 Å². The predicted octanol–water partition coefficient (Wildman–Crippen LogP) is 3.37. The van der Waals surface area contributed by atoms with Crippen molar-refractivity contribution in [3.05, 3.63) is 32.1 Å². The Balaban J connectivity index is 2.14. The average molecular weight is 301 g/mol. The zero-order valence-electron chi connectivity index (χ0n) is 8.70. The van der Waals surface area contributed by atoms with Crippen molar-refractivity contribution in [2.24, 2.45) is 0 Å². The highest BCUT2D eigenvalue weighted by molar-refractivity contribution is 9.11.